The van der Waals surface area contributed by atoms with Crippen LogP contribution in [-0.4, -0.2) is 0 Å². The van der Waals surface area contributed by atoms with E-state index in [9.17, 15) is 0 Å². The molecule has 0 fully saturated rings. The fourth-order valence-electron chi connectivity index (χ4n) is 0.599. The third-order valence-electron chi connectivity index (χ3n) is 1.05. The van der Waals surface area contributed by atoms with Gasteiger partial charge in [0, 0.05) is 0 Å². The van der Waals surface area contributed by atoms with Gasteiger partial charge in [-0.15, -0.1) is 11.6 Å². The third kappa shape index (κ3) is 2.14. The molecule has 0 bridgehead atoms. The van der Waals surface area contributed by atoms with Gasteiger partial charge in [0.25, 0.3) is 0 Å². The lowest BCUT2D eigenvalue weighted by Gasteiger charge is -1.97. The van der Waals surface area contributed by atoms with Gasteiger partial charge in [0.05, 0.1) is 0 Å². The Morgan fingerprint density at radius 1 is 1.22 bits per heavy atom. The lowest BCUT2D eigenvalue weighted by molar-refractivity contribution is 1.41. The quantitative estimate of drug-likeness (QED) is 0.531. The van der Waals surface area contributed by atoms with Crippen LogP contribution in [0, 0.1) is 0 Å². The Hall–Kier alpha value is 0.240. The normalized spacial score (nSPS) is 13.1. The van der Waals surface area contributed by atoms with Crippen molar-refractivity contribution in [3.05, 3.63) is 35.9 Å². The number of benzene rings is 1. The molecule has 1 aromatic carbocycles. The maximum absolute atomic E-state index is 5.79. The van der Waals surface area contributed by atoms with E-state index in [1.807, 2.05) is 30.3 Å². The highest BCUT2D eigenvalue weighted by molar-refractivity contribution is 14.1. The van der Waals surface area contributed by atoms with Crippen molar-refractivity contribution in [1.82, 2.24) is 0 Å². The second kappa shape index (κ2) is 3.42. The Morgan fingerprint density at radius 3 is 2.11 bits per heavy atom. The average molecular weight is 252 g/mol. The summed E-state index contributed by atoms with van der Waals surface area (Å²) >= 11 is 7.96. The van der Waals surface area contributed by atoms with Gasteiger partial charge in [0.2, 0.25) is 0 Å². The number of hydrogen-bond acceptors (Lipinski definition) is 0. The molecule has 0 spiro atoms. The number of hydrogen-bond donors (Lipinski definition) is 0. The molecule has 0 amide bonds. The topological polar surface area (TPSA) is 0 Å². The van der Waals surface area contributed by atoms with Crippen LogP contribution in [0.15, 0.2) is 30.3 Å². The summed E-state index contributed by atoms with van der Waals surface area (Å²) in [5.74, 6) is 0. The van der Waals surface area contributed by atoms with Gasteiger partial charge < -0.3 is 0 Å². The fourth-order valence-corrected chi connectivity index (χ4v) is 1.16. The molecule has 9 heavy (non-hydrogen) atoms. The van der Waals surface area contributed by atoms with E-state index in [0.717, 1.165) is 0 Å². The van der Waals surface area contributed by atoms with Gasteiger partial charge in [-0.05, 0) is 5.56 Å². The molecule has 0 aliphatic carbocycles. The van der Waals surface area contributed by atoms with Crippen molar-refractivity contribution in [2.45, 2.75) is 3.38 Å². The molecule has 0 radical (unpaired) electrons. The van der Waals surface area contributed by atoms with Crippen LogP contribution in [0.3, 0.4) is 0 Å². The zero-order chi connectivity index (χ0) is 6.69. The first-order valence-corrected chi connectivity index (χ1v) is 4.32. The van der Waals surface area contributed by atoms with Crippen LogP contribution >= 0.6 is 34.2 Å². The molecule has 1 atom stereocenters. The van der Waals surface area contributed by atoms with E-state index in [1.165, 1.54) is 5.56 Å². The first kappa shape index (κ1) is 7.35. The molecule has 48 valence electrons. The SMILES string of the molecule is ClC(I)c1ccccc1. The summed E-state index contributed by atoms with van der Waals surface area (Å²) in [4.78, 5) is 0. The van der Waals surface area contributed by atoms with Crippen LogP contribution in [0.1, 0.15) is 8.95 Å². The maximum atomic E-state index is 5.79. The summed E-state index contributed by atoms with van der Waals surface area (Å²) in [5.41, 5.74) is 1.17. The van der Waals surface area contributed by atoms with Crippen molar-refractivity contribution >= 4 is 34.2 Å². The molecule has 0 aromatic heterocycles. The van der Waals surface area contributed by atoms with E-state index in [1.54, 1.807) is 0 Å². The third-order valence-corrected chi connectivity index (χ3v) is 2.02. The molecular weight excluding hydrogens is 246 g/mol. The molecule has 2 heteroatoms. The van der Waals surface area contributed by atoms with Crippen LogP contribution in [0.5, 0.6) is 0 Å². The van der Waals surface area contributed by atoms with Gasteiger partial charge in [-0.25, -0.2) is 0 Å². The Morgan fingerprint density at radius 2 is 1.78 bits per heavy atom. The van der Waals surface area contributed by atoms with Gasteiger partial charge in [-0.1, -0.05) is 52.9 Å². The molecule has 1 unspecified atom stereocenters. The van der Waals surface area contributed by atoms with Gasteiger partial charge in [-0.3, -0.25) is 0 Å². The minimum Gasteiger partial charge on any atom is -0.106 e. The van der Waals surface area contributed by atoms with E-state index < -0.39 is 0 Å². The molecule has 0 N–H and O–H groups in total. The number of rotatable bonds is 1. The molecule has 1 rings (SSSR count). The van der Waals surface area contributed by atoms with Crippen molar-refractivity contribution in [2.24, 2.45) is 0 Å². The standard InChI is InChI=1S/C7H6ClI/c8-7(9)6-4-2-1-3-5-6/h1-5,7H. The molecule has 0 aliphatic heterocycles. The van der Waals surface area contributed by atoms with Gasteiger partial charge in [0.1, 0.15) is 3.38 Å². The van der Waals surface area contributed by atoms with Gasteiger partial charge in [-0.2, -0.15) is 0 Å². The smallest absolute Gasteiger partial charge is 0.106 e. The summed E-state index contributed by atoms with van der Waals surface area (Å²) in [5, 5.41) is 0. The average Bonchev–Trinajstić information content (AvgIpc) is 1.90. The van der Waals surface area contributed by atoms with Gasteiger partial charge >= 0.3 is 0 Å². The molecule has 0 saturated carbocycles. The Balaban J connectivity index is 2.85. The molecule has 0 nitrogen and oxygen atoms in total. The zero-order valence-electron chi connectivity index (χ0n) is 4.72. The Labute approximate surface area is 73.4 Å². The predicted octanol–water partition coefficient (Wildman–Crippen LogP) is 3.36. The van der Waals surface area contributed by atoms with Crippen molar-refractivity contribution in [1.29, 1.82) is 0 Å². The summed E-state index contributed by atoms with van der Waals surface area (Å²) in [6, 6.07) is 10.0. The van der Waals surface area contributed by atoms with E-state index >= 15 is 0 Å². The molecular formula is C7H6ClI. The molecule has 0 heterocycles. The second-order valence-electron chi connectivity index (χ2n) is 1.71. The van der Waals surface area contributed by atoms with Crippen LogP contribution in [-0.2, 0) is 0 Å². The fraction of sp³-hybridized carbons (Fsp3) is 0.143. The molecule has 0 saturated heterocycles. The Kier molecular flexibility index (Phi) is 2.79. The number of alkyl halides is 2. The van der Waals surface area contributed by atoms with E-state index in [-0.39, 0.29) is 3.38 Å². The lowest BCUT2D eigenvalue weighted by atomic mass is 10.2. The number of halogens is 2. The Bertz CT molecular complexity index is 172. The maximum Gasteiger partial charge on any atom is 0.110 e. The van der Waals surface area contributed by atoms with Gasteiger partial charge in [0.15, 0.2) is 0 Å². The minimum atomic E-state index is 0.101. The van der Waals surface area contributed by atoms with Crippen molar-refractivity contribution in [3.63, 3.8) is 0 Å². The molecule has 1 aromatic rings. The van der Waals surface area contributed by atoms with E-state index in [0.29, 0.717) is 0 Å². The monoisotopic (exact) mass is 252 g/mol. The summed E-state index contributed by atoms with van der Waals surface area (Å²) < 4.78 is 0.101. The highest BCUT2D eigenvalue weighted by Gasteiger charge is 1.97. The first-order valence-electron chi connectivity index (χ1n) is 2.64. The van der Waals surface area contributed by atoms with E-state index in [4.69, 9.17) is 11.6 Å². The predicted molar refractivity (Wildman–Crippen MR) is 49.1 cm³/mol. The largest absolute Gasteiger partial charge is 0.110 e. The second-order valence-corrected chi connectivity index (χ2v) is 4.13. The van der Waals surface area contributed by atoms with Crippen LogP contribution in [0.25, 0.3) is 0 Å². The van der Waals surface area contributed by atoms with Crippen LogP contribution in [0.4, 0.5) is 0 Å². The summed E-state index contributed by atoms with van der Waals surface area (Å²) in [7, 11) is 0. The van der Waals surface area contributed by atoms with Crippen molar-refractivity contribution in [3.8, 4) is 0 Å². The lowest BCUT2D eigenvalue weighted by Crippen LogP contribution is -1.76. The van der Waals surface area contributed by atoms with E-state index in [2.05, 4.69) is 22.6 Å². The van der Waals surface area contributed by atoms with Crippen molar-refractivity contribution < 1.29 is 0 Å². The van der Waals surface area contributed by atoms with Crippen molar-refractivity contribution in [2.75, 3.05) is 0 Å². The zero-order valence-corrected chi connectivity index (χ0v) is 7.63. The first-order chi connectivity index (χ1) is 4.30. The summed E-state index contributed by atoms with van der Waals surface area (Å²) in [6.45, 7) is 0. The summed E-state index contributed by atoms with van der Waals surface area (Å²) in [6.07, 6.45) is 0. The highest BCUT2D eigenvalue weighted by Crippen LogP contribution is 2.26. The highest BCUT2D eigenvalue weighted by atomic mass is 127. The minimum absolute atomic E-state index is 0.101. The van der Waals surface area contributed by atoms with Crippen LogP contribution in [0.2, 0.25) is 0 Å². The van der Waals surface area contributed by atoms with Crippen LogP contribution < -0.4 is 0 Å². The molecule has 0 aliphatic rings.